The number of hydrogen-bond acceptors (Lipinski definition) is 3. The zero-order chi connectivity index (χ0) is 19.7. The number of carbonyl (C=O) groups is 1. The van der Waals surface area contributed by atoms with Gasteiger partial charge in [0.25, 0.3) is 5.91 Å². The van der Waals surface area contributed by atoms with Gasteiger partial charge in [-0.2, -0.15) is 0 Å². The number of hydrogen-bond donors (Lipinski definition) is 1. The van der Waals surface area contributed by atoms with E-state index in [1.54, 1.807) is 18.2 Å². The second kappa shape index (κ2) is 7.46. The second-order valence-electron chi connectivity index (χ2n) is 7.22. The summed E-state index contributed by atoms with van der Waals surface area (Å²) in [6.07, 6.45) is 2.82. The third kappa shape index (κ3) is 3.26. The summed E-state index contributed by atoms with van der Waals surface area (Å²) in [6, 6.07) is 15.5. The number of rotatable bonds is 4. The number of aromatic amines is 1. The zero-order valence-corrected chi connectivity index (χ0v) is 15.9. The number of likely N-dealkylation sites (tertiary alicyclic amines) is 1. The summed E-state index contributed by atoms with van der Waals surface area (Å²) >= 11 is 0. The van der Waals surface area contributed by atoms with E-state index in [0.29, 0.717) is 23.1 Å². The van der Waals surface area contributed by atoms with Gasteiger partial charge in [-0.15, -0.1) is 0 Å². The Morgan fingerprint density at radius 1 is 1.14 bits per heavy atom. The number of benzene rings is 2. The molecule has 1 unspecified atom stereocenters. The van der Waals surface area contributed by atoms with Crippen LogP contribution in [0.3, 0.4) is 0 Å². The molecular weight excluding hydrogens is 354 g/mol. The fourth-order valence-corrected chi connectivity index (χ4v) is 4.09. The van der Waals surface area contributed by atoms with Crippen LogP contribution in [0.5, 0.6) is 0 Å². The second-order valence-corrected chi connectivity index (χ2v) is 7.22. The van der Waals surface area contributed by atoms with Crippen LogP contribution in [-0.4, -0.2) is 32.9 Å². The Hall–Kier alpha value is -3.15. The van der Waals surface area contributed by atoms with Crippen molar-refractivity contribution >= 4 is 16.9 Å². The van der Waals surface area contributed by atoms with Crippen LogP contribution in [0.15, 0.2) is 58.1 Å². The molecule has 2 heterocycles. The Labute approximate surface area is 162 Å². The van der Waals surface area contributed by atoms with E-state index in [-0.39, 0.29) is 11.9 Å². The van der Waals surface area contributed by atoms with Gasteiger partial charge in [-0.05, 0) is 49.9 Å². The van der Waals surface area contributed by atoms with E-state index >= 15 is 0 Å². The molecule has 144 valence electrons. The van der Waals surface area contributed by atoms with Gasteiger partial charge in [-0.1, -0.05) is 30.3 Å². The van der Waals surface area contributed by atoms with Crippen molar-refractivity contribution in [1.29, 1.82) is 0 Å². The monoisotopic (exact) mass is 377 g/mol. The minimum atomic E-state index is -0.665. The molecule has 0 saturated carbocycles. The predicted molar refractivity (Wildman–Crippen MR) is 109 cm³/mol. The van der Waals surface area contributed by atoms with Gasteiger partial charge >= 0.3 is 11.1 Å². The number of nitrogens with one attached hydrogen (secondary N) is 1. The molecule has 1 saturated heterocycles. The van der Waals surface area contributed by atoms with Gasteiger partial charge in [0, 0.05) is 24.7 Å². The molecule has 1 amide bonds. The fraction of sp³-hybridized carbons (Fsp3) is 0.318. The van der Waals surface area contributed by atoms with E-state index in [0.717, 1.165) is 25.8 Å². The van der Waals surface area contributed by atoms with E-state index in [1.807, 2.05) is 30.0 Å². The number of carbonyl (C=O) groups excluding carboxylic acids is 1. The summed E-state index contributed by atoms with van der Waals surface area (Å²) in [7, 11) is 0. The van der Waals surface area contributed by atoms with Gasteiger partial charge in [0.05, 0.1) is 11.0 Å². The first-order valence-corrected chi connectivity index (χ1v) is 9.70. The Morgan fingerprint density at radius 3 is 2.68 bits per heavy atom. The molecule has 0 spiro atoms. The van der Waals surface area contributed by atoms with Gasteiger partial charge in [0.1, 0.15) is 0 Å². The first kappa shape index (κ1) is 18.2. The first-order chi connectivity index (χ1) is 13.6. The SMILES string of the molecule is CCn1c(=O)c(=O)[nH]c2cc(C(=O)N3CCCC3Cc3ccccc3)ccc21. The van der Waals surface area contributed by atoms with Crippen LogP contribution in [0.25, 0.3) is 11.0 Å². The summed E-state index contributed by atoms with van der Waals surface area (Å²) in [5, 5.41) is 0. The van der Waals surface area contributed by atoms with Crippen molar-refractivity contribution in [1.82, 2.24) is 14.5 Å². The molecule has 2 aromatic carbocycles. The molecule has 0 aliphatic carbocycles. The number of nitrogens with zero attached hydrogens (tertiary/aromatic N) is 2. The molecule has 4 rings (SSSR count). The average Bonchev–Trinajstić information content (AvgIpc) is 3.17. The van der Waals surface area contributed by atoms with Gasteiger partial charge in [-0.3, -0.25) is 14.4 Å². The topological polar surface area (TPSA) is 75.2 Å². The van der Waals surface area contributed by atoms with E-state index < -0.39 is 11.1 Å². The van der Waals surface area contributed by atoms with Crippen LogP contribution >= 0.6 is 0 Å². The van der Waals surface area contributed by atoms with Crippen LogP contribution in [0.1, 0.15) is 35.7 Å². The Morgan fingerprint density at radius 2 is 1.93 bits per heavy atom. The molecule has 6 heteroatoms. The molecular formula is C22H23N3O3. The van der Waals surface area contributed by atoms with Crippen LogP contribution in [0.4, 0.5) is 0 Å². The molecule has 3 aromatic rings. The third-order valence-electron chi connectivity index (χ3n) is 5.49. The number of H-pyrrole nitrogens is 1. The van der Waals surface area contributed by atoms with Crippen molar-refractivity contribution in [2.75, 3.05) is 6.54 Å². The Balaban J connectivity index is 1.65. The van der Waals surface area contributed by atoms with E-state index in [1.165, 1.54) is 10.1 Å². The van der Waals surface area contributed by atoms with Gasteiger partial charge in [-0.25, -0.2) is 0 Å². The molecule has 1 fully saturated rings. The Kier molecular flexibility index (Phi) is 4.86. The standard InChI is InChI=1S/C22H23N3O3/c1-2-24-19-11-10-16(14-18(19)23-20(26)22(24)28)21(27)25-12-6-9-17(25)13-15-7-4-3-5-8-15/h3-5,7-8,10-11,14,17H,2,6,9,12-13H2,1H3,(H,23,26). The number of fused-ring (bicyclic) bond motifs is 1. The molecule has 6 nitrogen and oxygen atoms in total. The fourth-order valence-electron chi connectivity index (χ4n) is 4.09. The summed E-state index contributed by atoms with van der Waals surface area (Å²) in [5.74, 6) is -0.0320. The lowest BCUT2D eigenvalue weighted by Crippen LogP contribution is -2.37. The van der Waals surface area contributed by atoms with Gasteiger partial charge in [0.15, 0.2) is 0 Å². The summed E-state index contributed by atoms with van der Waals surface area (Å²) in [4.78, 5) is 41.6. The molecule has 1 atom stereocenters. The molecule has 1 N–H and O–H groups in total. The third-order valence-corrected chi connectivity index (χ3v) is 5.49. The van der Waals surface area contributed by atoms with Crippen LogP contribution in [0.2, 0.25) is 0 Å². The van der Waals surface area contributed by atoms with Gasteiger partial charge in [0.2, 0.25) is 0 Å². The summed E-state index contributed by atoms with van der Waals surface area (Å²) in [5.41, 5.74) is 1.66. The Bertz CT molecular complexity index is 1130. The highest BCUT2D eigenvalue weighted by Crippen LogP contribution is 2.24. The molecule has 1 aromatic heterocycles. The van der Waals surface area contributed by atoms with Crippen LogP contribution in [0, 0.1) is 0 Å². The van der Waals surface area contributed by atoms with Crippen molar-refractivity contribution < 1.29 is 4.79 Å². The average molecular weight is 377 g/mol. The van der Waals surface area contributed by atoms with E-state index in [9.17, 15) is 14.4 Å². The lowest BCUT2D eigenvalue weighted by molar-refractivity contribution is 0.0736. The molecule has 0 radical (unpaired) electrons. The summed E-state index contributed by atoms with van der Waals surface area (Å²) < 4.78 is 1.43. The normalized spacial score (nSPS) is 16.6. The first-order valence-electron chi connectivity index (χ1n) is 9.70. The van der Waals surface area contributed by atoms with Crippen molar-refractivity contribution in [2.24, 2.45) is 0 Å². The molecule has 0 bridgehead atoms. The van der Waals surface area contributed by atoms with E-state index in [2.05, 4.69) is 17.1 Å². The van der Waals surface area contributed by atoms with Crippen molar-refractivity contribution in [3.8, 4) is 0 Å². The number of aryl methyl sites for hydroxylation is 1. The van der Waals surface area contributed by atoms with Crippen LogP contribution < -0.4 is 11.1 Å². The number of amides is 1. The lowest BCUT2D eigenvalue weighted by atomic mass is 10.0. The van der Waals surface area contributed by atoms with Crippen molar-refractivity contribution in [2.45, 2.75) is 38.8 Å². The predicted octanol–water partition coefficient (Wildman–Crippen LogP) is 2.56. The highest BCUT2D eigenvalue weighted by molar-refractivity contribution is 5.97. The van der Waals surface area contributed by atoms with Gasteiger partial charge < -0.3 is 14.5 Å². The van der Waals surface area contributed by atoms with Crippen LogP contribution in [-0.2, 0) is 13.0 Å². The lowest BCUT2D eigenvalue weighted by Gasteiger charge is -2.25. The number of aromatic nitrogens is 2. The van der Waals surface area contributed by atoms with E-state index in [4.69, 9.17) is 0 Å². The van der Waals surface area contributed by atoms with Crippen molar-refractivity contribution in [3.05, 3.63) is 80.4 Å². The summed E-state index contributed by atoms with van der Waals surface area (Å²) in [6.45, 7) is 2.95. The minimum Gasteiger partial charge on any atom is -0.335 e. The molecule has 28 heavy (non-hydrogen) atoms. The highest BCUT2D eigenvalue weighted by Gasteiger charge is 2.29. The largest absolute Gasteiger partial charge is 0.335 e. The maximum Gasteiger partial charge on any atom is 0.316 e. The molecule has 1 aliphatic rings. The molecule has 1 aliphatic heterocycles. The zero-order valence-electron chi connectivity index (χ0n) is 15.9. The maximum absolute atomic E-state index is 13.2. The maximum atomic E-state index is 13.2. The minimum absolute atomic E-state index is 0.0320. The van der Waals surface area contributed by atoms with Crippen molar-refractivity contribution in [3.63, 3.8) is 0 Å². The quantitative estimate of drug-likeness (QED) is 0.710. The highest BCUT2D eigenvalue weighted by atomic mass is 16.2. The smallest absolute Gasteiger partial charge is 0.316 e.